The van der Waals surface area contributed by atoms with E-state index >= 15 is 0 Å². The van der Waals surface area contributed by atoms with Gasteiger partial charge in [0.1, 0.15) is 11.6 Å². The number of nitrogens with one attached hydrogen (secondary N) is 2. The number of sulfone groups is 1. The molecular weight excluding hydrogens is 510 g/mol. The van der Waals surface area contributed by atoms with Crippen LogP contribution in [0.4, 0.5) is 11.6 Å². The quantitative estimate of drug-likeness (QED) is 0.292. The molecule has 38 heavy (non-hydrogen) atoms. The maximum Gasteiger partial charge on any atom is 0.294 e. The Morgan fingerprint density at radius 1 is 1.08 bits per heavy atom. The van der Waals surface area contributed by atoms with E-state index in [-0.39, 0.29) is 22.6 Å². The number of methoxy groups -OCH3 is 1. The van der Waals surface area contributed by atoms with Crippen LogP contribution in [0, 0.1) is 0 Å². The SMILES string of the molecule is COCC(C)Nc1cc(Oc2ccc(S(C)(=O)=O)cc2)nc(C(=O)Nc2ccn(Cc3ccccn3)n2)n1. The summed E-state index contributed by atoms with van der Waals surface area (Å²) < 4.78 is 36.1. The number of amides is 1. The number of nitrogens with zero attached hydrogens (tertiary/aromatic N) is 5. The highest BCUT2D eigenvalue weighted by Crippen LogP contribution is 2.24. The highest BCUT2D eigenvalue weighted by molar-refractivity contribution is 7.90. The van der Waals surface area contributed by atoms with Gasteiger partial charge in [-0.1, -0.05) is 6.07 Å². The molecule has 12 nitrogen and oxygen atoms in total. The van der Waals surface area contributed by atoms with Gasteiger partial charge in [-0.15, -0.1) is 0 Å². The molecular formula is C25H27N7O5S. The lowest BCUT2D eigenvalue weighted by Crippen LogP contribution is -2.23. The van der Waals surface area contributed by atoms with Crippen LogP contribution in [0.2, 0.25) is 0 Å². The molecule has 4 rings (SSSR count). The Labute approximate surface area is 220 Å². The van der Waals surface area contributed by atoms with E-state index in [1.807, 2.05) is 25.1 Å². The molecule has 2 N–H and O–H groups in total. The second kappa shape index (κ2) is 11.8. The fourth-order valence-electron chi connectivity index (χ4n) is 3.42. The number of rotatable bonds is 11. The van der Waals surface area contributed by atoms with Crippen LogP contribution >= 0.6 is 0 Å². The fraction of sp³-hybridized carbons (Fsp3) is 0.240. The van der Waals surface area contributed by atoms with Crippen molar-refractivity contribution < 1.29 is 22.7 Å². The molecule has 1 atom stereocenters. The minimum atomic E-state index is -3.35. The summed E-state index contributed by atoms with van der Waals surface area (Å²) in [6.07, 6.45) is 4.55. The summed E-state index contributed by atoms with van der Waals surface area (Å²) in [5, 5.41) is 10.2. The first kappa shape index (κ1) is 26.7. The van der Waals surface area contributed by atoms with Gasteiger partial charge in [-0.3, -0.25) is 14.5 Å². The first-order valence-electron chi connectivity index (χ1n) is 11.6. The van der Waals surface area contributed by atoms with Crippen LogP contribution < -0.4 is 15.4 Å². The number of carbonyl (C=O) groups excluding carboxylic acids is 1. The molecule has 0 saturated heterocycles. The summed E-state index contributed by atoms with van der Waals surface area (Å²) >= 11 is 0. The molecule has 4 aromatic rings. The first-order valence-corrected chi connectivity index (χ1v) is 13.5. The largest absolute Gasteiger partial charge is 0.439 e. The maximum absolute atomic E-state index is 13.0. The van der Waals surface area contributed by atoms with E-state index in [2.05, 4.69) is 30.7 Å². The summed E-state index contributed by atoms with van der Waals surface area (Å²) in [4.78, 5) is 26.0. The summed E-state index contributed by atoms with van der Waals surface area (Å²) in [6.45, 7) is 2.74. The number of anilines is 2. The van der Waals surface area contributed by atoms with Crippen LogP contribution in [0.25, 0.3) is 0 Å². The molecule has 0 radical (unpaired) electrons. The van der Waals surface area contributed by atoms with E-state index in [0.29, 0.717) is 30.5 Å². The highest BCUT2D eigenvalue weighted by Gasteiger charge is 2.17. The van der Waals surface area contributed by atoms with Crippen molar-refractivity contribution >= 4 is 27.4 Å². The van der Waals surface area contributed by atoms with E-state index in [4.69, 9.17) is 9.47 Å². The number of hydrogen-bond acceptors (Lipinski definition) is 10. The molecule has 0 fully saturated rings. The molecule has 1 amide bonds. The van der Waals surface area contributed by atoms with Crippen molar-refractivity contribution in [1.82, 2.24) is 24.7 Å². The molecule has 1 aromatic carbocycles. The smallest absolute Gasteiger partial charge is 0.294 e. The van der Waals surface area contributed by atoms with Crippen molar-refractivity contribution in [2.45, 2.75) is 24.4 Å². The molecule has 0 bridgehead atoms. The molecule has 1 unspecified atom stereocenters. The number of carbonyl (C=O) groups is 1. The lowest BCUT2D eigenvalue weighted by Gasteiger charge is -2.15. The summed E-state index contributed by atoms with van der Waals surface area (Å²) in [5.41, 5.74) is 0.826. The van der Waals surface area contributed by atoms with Gasteiger partial charge in [0.05, 0.1) is 23.7 Å². The number of hydrogen-bond donors (Lipinski definition) is 2. The van der Waals surface area contributed by atoms with Crippen LogP contribution in [0.3, 0.4) is 0 Å². The average Bonchev–Trinajstić information content (AvgIpc) is 3.31. The number of aromatic nitrogens is 5. The van der Waals surface area contributed by atoms with Gasteiger partial charge < -0.3 is 20.1 Å². The van der Waals surface area contributed by atoms with E-state index in [0.717, 1.165) is 11.9 Å². The van der Waals surface area contributed by atoms with Gasteiger partial charge in [0.15, 0.2) is 15.7 Å². The van der Waals surface area contributed by atoms with Crippen molar-refractivity contribution in [3.63, 3.8) is 0 Å². The standard InChI is InChI=1S/C25H27N7O5S/c1-17(16-36-2)27-22-14-23(37-19-7-9-20(10-8-19)38(3,34)35)30-24(28-22)25(33)29-21-11-13-32(31-21)15-18-6-4-5-12-26-18/h4-14,17H,15-16H2,1-3H3,(H,27,28,30)(H,29,31,33). The van der Waals surface area contributed by atoms with Crippen molar-refractivity contribution in [1.29, 1.82) is 0 Å². The third kappa shape index (κ3) is 7.33. The van der Waals surface area contributed by atoms with Crippen molar-refractivity contribution in [2.24, 2.45) is 0 Å². The summed E-state index contributed by atoms with van der Waals surface area (Å²) in [5.74, 6) is 0.351. The van der Waals surface area contributed by atoms with Gasteiger partial charge in [0, 0.05) is 43.9 Å². The Morgan fingerprint density at radius 3 is 2.55 bits per heavy atom. The van der Waals surface area contributed by atoms with Crippen molar-refractivity contribution in [2.75, 3.05) is 30.6 Å². The van der Waals surface area contributed by atoms with Gasteiger partial charge in [0.2, 0.25) is 11.7 Å². The normalized spacial score (nSPS) is 12.1. The Hall–Kier alpha value is -4.36. The molecule has 0 saturated carbocycles. The van der Waals surface area contributed by atoms with E-state index in [1.165, 1.54) is 30.3 Å². The van der Waals surface area contributed by atoms with E-state index in [9.17, 15) is 13.2 Å². The van der Waals surface area contributed by atoms with Crippen molar-refractivity contribution in [3.8, 4) is 11.6 Å². The number of benzene rings is 1. The van der Waals surface area contributed by atoms with Gasteiger partial charge in [-0.2, -0.15) is 10.1 Å². The molecule has 13 heteroatoms. The zero-order valence-corrected chi connectivity index (χ0v) is 21.8. The van der Waals surface area contributed by atoms with Gasteiger partial charge in [-0.25, -0.2) is 13.4 Å². The minimum Gasteiger partial charge on any atom is -0.439 e. The van der Waals surface area contributed by atoms with Crippen LogP contribution in [0.1, 0.15) is 23.2 Å². The third-order valence-electron chi connectivity index (χ3n) is 5.12. The molecule has 3 heterocycles. The number of pyridine rings is 1. The molecule has 198 valence electrons. The molecule has 0 spiro atoms. The topological polar surface area (TPSA) is 150 Å². The fourth-order valence-corrected chi connectivity index (χ4v) is 4.05. The second-order valence-electron chi connectivity index (χ2n) is 8.44. The van der Waals surface area contributed by atoms with Crippen LogP contribution in [-0.2, 0) is 21.1 Å². The predicted molar refractivity (Wildman–Crippen MR) is 140 cm³/mol. The van der Waals surface area contributed by atoms with Crippen LogP contribution in [0.5, 0.6) is 11.6 Å². The van der Waals surface area contributed by atoms with Crippen molar-refractivity contribution in [3.05, 3.63) is 78.5 Å². The lowest BCUT2D eigenvalue weighted by atomic mass is 10.3. The van der Waals surface area contributed by atoms with Crippen LogP contribution in [0.15, 0.2) is 71.9 Å². The Bertz CT molecular complexity index is 1490. The van der Waals surface area contributed by atoms with Crippen LogP contribution in [-0.4, -0.2) is 65.1 Å². The van der Waals surface area contributed by atoms with E-state index in [1.54, 1.807) is 30.3 Å². The predicted octanol–water partition coefficient (Wildman–Crippen LogP) is 3.01. The zero-order chi connectivity index (χ0) is 27.1. The average molecular weight is 538 g/mol. The maximum atomic E-state index is 13.0. The zero-order valence-electron chi connectivity index (χ0n) is 21.0. The Kier molecular flexibility index (Phi) is 8.28. The second-order valence-corrected chi connectivity index (χ2v) is 10.5. The molecule has 0 aliphatic heterocycles. The lowest BCUT2D eigenvalue weighted by molar-refractivity contribution is 0.101. The first-order chi connectivity index (χ1) is 18.2. The van der Waals surface area contributed by atoms with Gasteiger partial charge >= 0.3 is 0 Å². The summed E-state index contributed by atoms with van der Waals surface area (Å²) in [6, 6.07) is 14.6. The monoisotopic (exact) mass is 537 g/mol. The third-order valence-corrected chi connectivity index (χ3v) is 6.25. The number of ether oxygens (including phenoxy) is 2. The Balaban J connectivity index is 1.54. The molecule has 3 aromatic heterocycles. The minimum absolute atomic E-state index is 0.0880. The Morgan fingerprint density at radius 2 is 1.87 bits per heavy atom. The molecule has 0 aliphatic carbocycles. The van der Waals surface area contributed by atoms with E-state index < -0.39 is 15.7 Å². The molecule has 0 aliphatic rings. The van der Waals surface area contributed by atoms with Gasteiger partial charge in [0.25, 0.3) is 5.91 Å². The van der Waals surface area contributed by atoms with Gasteiger partial charge in [-0.05, 0) is 43.3 Å². The highest BCUT2D eigenvalue weighted by atomic mass is 32.2. The summed E-state index contributed by atoms with van der Waals surface area (Å²) in [7, 11) is -1.77.